The molecule has 0 aliphatic carbocycles. The molecule has 2 fully saturated rings. The van der Waals surface area contributed by atoms with Crippen LogP contribution >= 0.6 is 0 Å². The Morgan fingerprint density at radius 1 is 1.22 bits per heavy atom. The first kappa shape index (κ1) is 13.8. The zero-order chi connectivity index (χ0) is 13.1. The maximum absolute atomic E-state index is 12.5. The van der Waals surface area contributed by atoms with Crippen molar-refractivity contribution >= 4 is 5.91 Å². The zero-order valence-electron chi connectivity index (χ0n) is 11.7. The molecule has 1 N–H and O–H groups in total. The number of carbonyl (C=O) groups excluding carboxylic acids is 1. The van der Waals surface area contributed by atoms with Crippen LogP contribution < -0.4 is 5.32 Å². The van der Waals surface area contributed by atoms with Crippen LogP contribution in [0.2, 0.25) is 0 Å². The van der Waals surface area contributed by atoms with Gasteiger partial charge in [-0.05, 0) is 20.8 Å². The van der Waals surface area contributed by atoms with E-state index < -0.39 is 0 Å². The Hall–Kier alpha value is -0.650. The lowest BCUT2D eigenvalue weighted by Gasteiger charge is -2.39. The summed E-state index contributed by atoms with van der Waals surface area (Å²) in [6.07, 6.45) is 0.292. The van der Waals surface area contributed by atoms with Crippen LogP contribution in [0, 0.1) is 0 Å². The predicted octanol–water partition coefficient (Wildman–Crippen LogP) is -0.0841. The number of hydrogen-bond donors (Lipinski definition) is 1. The first-order chi connectivity index (χ1) is 8.58. The summed E-state index contributed by atoms with van der Waals surface area (Å²) in [5.74, 6) is 0.249. The molecule has 0 aromatic rings. The Labute approximate surface area is 109 Å². The number of hydrogen-bond acceptors (Lipinski definition) is 4. The second kappa shape index (κ2) is 5.99. The number of ether oxygens (including phenoxy) is 1. The molecule has 5 nitrogen and oxygen atoms in total. The fraction of sp³-hybridized carbons (Fsp3) is 0.923. The van der Waals surface area contributed by atoms with Gasteiger partial charge in [0.1, 0.15) is 0 Å². The summed E-state index contributed by atoms with van der Waals surface area (Å²) >= 11 is 0. The number of carbonyl (C=O) groups is 1. The van der Waals surface area contributed by atoms with E-state index in [2.05, 4.69) is 10.2 Å². The molecule has 0 saturated carbocycles. The Balaban J connectivity index is 1.92. The van der Waals surface area contributed by atoms with Crippen molar-refractivity contribution < 1.29 is 9.53 Å². The Kier molecular flexibility index (Phi) is 4.59. The smallest absolute Gasteiger partial charge is 0.239 e. The van der Waals surface area contributed by atoms with E-state index in [0.29, 0.717) is 0 Å². The molecule has 0 aromatic carbocycles. The first-order valence-corrected chi connectivity index (χ1v) is 6.97. The minimum Gasteiger partial charge on any atom is -0.372 e. The lowest BCUT2D eigenvalue weighted by Crippen LogP contribution is -2.57. The topological polar surface area (TPSA) is 44.8 Å². The number of piperazine rings is 1. The van der Waals surface area contributed by atoms with Crippen molar-refractivity contribution in [2.75, 3.05) is 39.3 Å². The summed E-state index contributed by atoms with van der Waals surface area (Å²) in [5, 5.41) is 3.32. The SMILES string of the molecule is CC1CN(C(=O)C(C)N2CCNCC2)CC(C)O1. The lowest BCUT2D eigenvalue weighted by atomic mass is 10.1. The van der Waals surface area contributed by atoms with Crippen molar-refractivity contribution in [3.63, 3.8) is 0 Å². The number of morpholine rings is 1. The monoisotopic (exact) mass is 255 g/mol. The number of nitrogens with one attached hydrogen (secondary N) is 1. The maximum Gasteiger partial charge on any atom is 0.239 e. The minimum atomic E-state index is -0.00963. The van der Waals surface area contributed by atoms with Gasteiger partial charge in [-0.3, -0.25) is 9.69 Å². The quantitative estimate of drug-likeness (QED) is 0.749. The standard InChI is InChI=1S/C13H25N3O2/c1-10-8-16(9-11(2)18-10)13(17)12(3)15-6-4-14-5-7-15/h10-12,14H,4-9H2,1-3H3. The molecule has 0 radical (unpaired) electrons. The number of nitrogens with zero attached hydrogens (tertiary/aromatic N) is 2. The van der Waals surface area contributed by atoms with Crippen LogP contribution in [0.15, 0.2) is 0 Å². The average Bonchev–Trinajstić information content (AvgIpc) is 2.37. The summed E-state index contributed by atoms with van der Waals surface area (Å²) in [4.78, 5) is 16.7. The highest BCUT2D eigenvalue weighted by Crippen LogP contribution is 2.14. The van der Waals surface area contributed by atoms with E-state index in [-0.39, 0.29) is 24.2 Å². The van der Waals surface area contributed by atoms with Crippen LogP contribution in [-0.2, 0) is 9.53 Å². The number of amides is 1. The third-order valence-corrected chi connectivity index (χ3v) is 3.79. The van der Waals surface area contributed by atoms with E-state index in [0.717, 1.165) is 39.3 Å². The molecular formula is C13H25N3O2. The van der Waals surface area contributed by atoms with E-state index >= 15 is 0 Å². The summed E-state index contributed by atoms with van der Waals surface area (Å²) in [6.45, 7) is 11.4. The molecular weight excluding hydrogens is 230 g/mol. The van der Waals surface area contributed by atoms with Crippen molar-refractivity contribution in [3.05, 3.63) is 0 Å². The van der Waals surface area contributed by atoms with E-state index in [1.54, 1.807) is 0 Å². The van der Waals surface area contributed by atoms with Gasteiger partial charge in [0.15, 0.2) is 0 Å². The summed E-state index contributed by atoms with van der Waals surface area (Å²) < 4.78 is 5.67. The summed E-state index contributed by atoms with van der Waals surface area (Å²) in [7, 11) is 0. The predicted molar refractivity (Wildman–Crippen MR) is 70.5 cm³/mol. The minimum absolute atomic E-state index is 0.00963. The fourth-order valence-corrected chi connectivity index (χ4v) is 2.85. The lowest BCUT2D eigenvalue weighted by molar-refractivity contribution is -0.148. The van der Waals surface area contributed by atoms with Gasteiger partial charge in [0.25, 0.3) is 0 Å². The van der Waals surface area contributed by atoms with E-state index in [9.17, 15) is 4.79 Å². The maximum atomic E-state index is 12.5. The van der Waals surface area contributed by atoms with E-state index in [4.69, 9.17) is 4.74 Å². The van der Waals surface area contributed by atoms with Crippen LogP contribution in [0.4, 0.5) is 0 Å². The average molecular weight is 255 g/mol. The molecule has 3 unspecified atom stereocenters. The van der Waals surface area contributed by atoms with Gasteiger partial charge >= 0.3 is 0 Å². The third-order valence-electron chi connectivity index (χ3n) is 3.79. The zero-order valence-corrected chi connectivity index (χ0v) is 11.7. The van der Waals surface area contributed by atoms with Gasteiger partial charge in [0, 0.05) is 39.3 Å². The molecule has 2 aliphatic heterocycles. The molecule has 0 spiro atoms. The van der Waals surface area contributed by atoms with Crippen molar-refractivity contribution in [1.82, 2.24) is 15.1 Å². The second-order valence-electron chi connectivity index (χ2n) is 5.46. The normalized spacial score (nSPS) is 32.3. The molecule has 104 valence electrons. The second-order valence-corrected chi connectivity index (χ2v) is 5.46. The molecule has 18 heavy (non-hydrogen) atoms. The highest BCUT2D eigenvalue weighted by Gasteiger charge is 2.31. The van der Waals surface area contributed by atoms with Crippen LogP contribution in [0.3, 0.4) is 0 Å². The molecule has 2 aliphatic rings. The Morgan fingerprint density at radius 2 is 1.78 bits per heavy atom. The Bertz CT molecular complexity index is 282. The van der Waals surface area contributed by atoms with Crippen molar-refractivity contribution in [3.8, 4) is 0 Å². The van der Waals surface area contributed by atoms with Gasteiger partial charge in [0.05, 0.1) is 18.2 Å². The van der Waals surface area contributed by atoms with Crippen LogP contribution in [0.1, 0.15) is 20.8 Å². The molecule has 5 heteroatoms. The molecule has 1 amide bonds. The fourth-order valence-electron chi connectivity index (χ4n) is 2.85. The van der Waals surface area contributed by atoms with Gasteiger partial charge in [-0.15, -0.1) is 0 Å². The first-order valence-electron chi connectivity index (χ1n) is 6.97. The molecule has 2 heterocycles. The highest BCUT2D eigenvalue weighted by atomic mass is 16.5. The van der Waals surface area contributed by atoms with Crippen molar-refractivity contribution in [2.24, 2.45) is 0 Å². The van der Waals surface area contributed by atoms with Crippen LogP contribution in [0.5, 0.6) is 0 Å². The van der Waals surface area contributed by atoms with Crippen molar-refractivity contribution in [1.29, 1.82) is 0 Å². The van der Waals surface area contributed by atoms with Crippen molar-refractivity contribution in [2.45, 2.75) is 39.0 Å². The molecule has 0 aromatic heterocycles. The third kappa shape index (κ3) is 3.22. The number of rotatable bonds is 2. The van der Waals surface area contributed by atoms with Gasteiger partial charge in [0.2, 0.25) is 5.91 Å². The summed E-state index contributed by atoms with van der Waals surface area (Å²) in [5.41, 5.74) is 0. The van der Waals surface area contributed by atoms with Gasteiger partial charge in [-0.25, -0.2) is 0 Å². The molecule has 2 rings (SSSR count). The molecule has 3 atom stereocenters. The Morgan fingerprint density at radius 3 is 2.33 bits per heavy atom. The molecule has 0 bridgehead atoms. The van der Waals surface area contributed by atoms with Crippen LogP contribution in [0.25, 0.3) is 0 Å². The summed E-state index contributed by atoms with van der Waals surface area (Å²) in [6, 6.07) is -0.00963. The van der Waals surface area contributed by atoms with Gasteiger partial charge in [-0.1, -0.05) is 0 Å². The van der Waals surface area contributed by atoms with Gasteiger partial charge < -0.3 is 15.0 Å². The molecule has 2 saturated heterocycles. The van der Waals surface area contributed by atoms with Crippen LogP contribution in [-0.4, -0.2) is 73.2 Å². The highest BCUT2D eigenvalue weighted by molar-refractivity contribution is 5.81. The van der Waals surface area contributed by atoms with E-state index in [1.807, 2.05) is 25.7 Å². The van der Waals surface area contributed by atoms with E-state index in [1.165, 1.54) is 0 Å². The van der Waals surface area contributed by atoms with Gasteiger partial charge in [-0.2, -0.15) is 0 Å². The largest absolute Gasteiger partial charge is 0.372 e.